The van der Waals surface area contributed by atoms with Gasteiger partial charge in [0.05, 0.1) is 6.54 Å². The number of nitrogens with two attached hydrogens (primary N) is 1. The van der Waals surface area contributed by atoms with Gasteiger partial charge in [0, 0.05) is 23.2 Å². The summed E-state index contributed by atoms with van der Waals surface area (Å²) in [7, 11) is 2.06. The Morgan fingerprint density at radius 2 is 2.10 bits per heavy atom. The number of likely N-dealkylation sites (N-methyl/N-ethyl adjacent to an activating group) is 1. The summed E-state index contributed by atoms with van der Waals surface area (Å²) in [5.74, 6) is 1.92. The zero-order chi connectivity index (χ0) is 14.8. The van der Waals surface area contributed by atoms with Gasteiger partial charge in [-0.25, -0.2) is 0 Å². The molecule has 1 aliphatic carbocycles. The summed E-state index contributed by atoms with van der Waals surface area (Å²) in [6.07, 6.45) is 2.54. The lowest BCUT2D eigenvalue weighted by atomic mass is 10.1. The molecule has 1 atom stereocenters. The summed E-state index contributed by atoms with van der Waals surface area (Å²) in [5.41, 5.74) is 6.76. The van der Waals surface area contributed by atoms with Gasteiger partial charge in [-0.1, -0.05) is 16.8 Å². The van der Waals surface area contributed by atoms with Crippen molar-refractivity contribution in [1.82, 2.24) is 15.0 Å². The first-order valence-electron chi connectivity index (χ1n) is 7.16. The fraction of sp³-hybridized carbons (Fsp3) is 0.467. The van der Waals surface area contributed by atoms with E-state index in [2.05, 4.69) is 22.1 Å². The molecule has 1 unspecified atom stereocenters. The van der Waals surface area contributed by atoms with Crippen LogP contribution < -0.4 is 5.73 Å². The van der Waals surface area contributed by atoms with Crippen LogP contribution in [-0.2, 0) is 6.54 Å². The van der Waals surface area contributed by atoms with E-state index in [-0.39, 0.29) is 0 Å². The standard InChI is InChI=1S/C15H19ClN4O/c1-20(13(8-17)10-2-3-10)9-14-18-15(19-21-14)11-4-6-12(16)7-5-11/h4-7,10,13H,2-3,8-9,17H2,1H3. The molecular formula is C15H19ClN4O. The van der Waals surface area contributed by atoms with Crippen molar-refractivity contribution in [3.8, 4) is 11.4 Å². The molecule has 6 heteroatoms. The zero-order valence-corrected chi connectivity index (χ0v) is 12.8. The van der Waals surface area contributed by atoms with Gasteiger partial charge in [-0.05, 0) is 50.1 Å². The van der Waals surface area contributed by atoms with Crippen molar-refractivity contribution in [2.75, 3.05) is 13.6 Å². The molecule has 2 aromatic rings. The lowest BCUT2D eigenvalue weighted by molar-refractivity contribution is 0.189. The van der Waals surface area contributed by atoms with Crippen molar-refractivity contribution >= 4 is 11.6 Å². The second-order valence-corrected chi connectivity index (χ2v) is 6.01. The molecule has 1 fully saturated rings. The highest BCUT2D eigenvalue weighted by molar-refractivity contribution is 6.30. The first-order valence-corrected chi connectivity index (χ1v) is 7.54. The van der Waals surface area contributed by atoms with E-state index in [1.807, 2.05) is 24.3 Å². The summed E-state index contributed by atoms with van der Waals surface area (Å²) in [4.78, 5) is 6.65. The highest BCUT2D eigenvalue weighted by Gasteiger charge is 2.33. The molecule has 1 saturated carbocycles. The number of nitrogens with zero attached hydrogens (tertiary/aromatic N) is 3. The molecular weight excluding hydrogens is 288 g/mol. The van der Waals surface area contributed by atoms with Crippen molar-refractivity contribution in [3.63, 3.8) is 0 Å². The van der Waals surface area contributed by atoms with Crippen LogP contribution in [0.2, 0.25) is 5.02 Å². The lowest BCUT2D eigenvalue weighted by Gasteiger charge is -2.25. The normalized spacial score (nSPS) is 16.4. The number of rotatable bonds is 6. The van der Waals surface area contributed by atoms with Gasteiger partial charge in [0.25, 0.3) is 0 Å². The molecule has 1 aliphatic rings. The Balaban J connectivity index is 1.68. The molecule has 3 rings (SSSR count). The van der Waals surface area contributed by atoms with Gasteiger partial charge in [0.15, 0.2) is 0 Å². The Hall–Kier alpha value is -1.43. The Kier molecular flexibility index (Phi) is 4.24. The third kappa shape index (κ3) is 3.43. The smallest absolute Gasteiger partial charge is 0.241 e. The van der Waals surface area contributed by atoms with Crippen LogP contribution in [0.3, 0.4) is 0 Å². The molecule has 0 saturated heterocycles. The van der Waals surface area contributed by atoms with Crippen LogP contribution >= 0.6 is 11.6 Å². The van der Waals surface area contributed by atoms with Crippen molar-refractivity contribution in [1.29, 1.82) is 0 Å². The van der Waals surface area contributed by atoms with Gasteiger partial charge in [-0.3, -0.25) is 4.90 Å². The molecule has 1 aromatic heterocycles. The first-order chi connectivity index (χ1) is 10.2. The van der Waals surface area contributed by atoms with E-state index in [4.69, 9.17) is 21.9 Å². The van der Waals surface area contributed by atoms with Crippen molar-refractivity contribution < 1.29 is 4.52 Å². The van der Waals surface area contributed by atoms with Gasteiger partial charge in [-0.15, -0.1) is 0 Å². The van der Waals surface area contributed by atoms with Gasteiger partial charge in [0.2, 0.25) is 11.7 Å². The third-order valence-corrected chi connectivity index (χ3v) is 4.18. The second kappa shape index (κ2) is 6.13. The lowest BCUT2D eigenvalue weighted by Crippen LogP contribution is -2.39. The van der Waals surface area contributed by atoms with Crippen LogP contribution in [0.25, 0.3) is 11.4 Å². The highest BCUT2D eigenvalue weighted by atomic mass is 35.5. The molecule has 0 radical (unpaired) electrons. The van der Waals surface area contributed by atoms with Gasteiger partial charge in [0.1, 0.15) is 0 Å². The largest absolute Gasteiger partial charge is 0.338 e. The van der Waals surface area contributed by atoms with E-state index in [1.54, 1.807) is 0 Å². The Morgan fingerprint density at radius 3 is 2.71 bits per heavy atom. The number of aromatic nitrogens is 2. The monoisotopic (exact) mass is 306 g/mol. The van der Waals surface area contributed by atoms with Crippen LogP contribution in [0.4, 0.5) is 0 Å². The van der Waals surface area contributed by atoms with Crippen LogP contribution in [-0.4, -0.2) is 34.7 Å². The first kappa shape index (κ1) is 14.5. The molecule has 0 spiro atoms. The number of benzene rings is 1. The summed E-state index contributed by atoms with van der Waals surface area (Å²) >= 11 is 5.88. The van der Waals surface area contributed by atoms with Crippen molar-refractivity contribution in [3.05, 3.63) is 35.2 Å². The Morgan fingerprint density at radius 1 is 1.38 bits per heavy atom. The van der Waals surface area contributed by atoms with Crippen LogP contribution in [0.5, 0.6) is 0 Å². The van der Waals surface area contributed by atoms with E-state index in [0.29, 0.717) is 35.9 Å². The minimum Gasteiger partial charge on any atom is -0.338 e. The van der Waals surface area contributed by atoms with Gasteiger partial charge >= 0.3 is 0 Å². The van der Waals surface area contributed by atoms with E-state index < -0.39 is 0 Å². The molecule has 1 aromatic carbocycles. The number of hydrogen-bond donors (Lipinski definition) is 1. The van der Waals surface area contributed by atoms with Gasteiger partial charge < -0.3 is 10.3 Å². The van der Waals surface area contributed by atoms with Crippen molar-refractivity contribution in [2.24, 2.45) is 11.7 Å². The summed E-state index contributed by atoms with van der Waals surface area (Å²) in [5, 5.41) is 4.72. The average Bonchev–Trinajstić information content (AvgIpc) is 3.20. The average molecular weight is 307 g/mol. The molecule has 1 heterocycles. The molecule has 0 amide bonds. The predicted molar refractivity (Wildman–Crippen MR) is 81.8 cm³/mol. The summed E-state index contributed by atoms with van der Waals surface area (Å²) < 4.78 is 5.34. The minimum atomic E-state index is 0.399. The topological polar surface area (TPSA) is 68.2 Å². The van der Waals surface area contributed by atoms with E-state index in [0.717, 1.165) is 11.5 Å². The summed E-state index contributed by atoms with van der Waals surface area (Å²) in [6.45, 7) is 1.29. The molecule has 2 N–H and O–H groups in total. The second-order valence-electron chi connectivity index (χ2n) is 5.57. The van der Waals surface area contributed by atoms with Crippen LogP contribution in [0, 0.1) is 5.92 Å². The van der Waals surface area contributed by atoms with Gasteiger partial charge in [-0.2, -0.15) is 4.98 Å². The zero-order valence-electron chi connectivity index (χ0n) is 12.0. The third-order valence-electron chi connectivity index (χ3n) is 3.93. The molecule has 0 bridgehead atoms. The highest BCUT2D eigenvalue weighted by Crippen LogP contribution is 2.34. The quantitative estimate of drug-likeness (QED) is 0.888. The molecule has 5 nitrogen and oxygen atoms in total. The molecule has 112 valence electrons. The minimum absolute atomic E-state index is 0.399. The maximum Gasteiger partial charge on any atom is 0.241 e. The number of hydrogen-bond acceptors (Lipinski definition) is 5. The van der Waals surface area contributed by atoms with Crippen LogP contribution in [0.15, 0.2) is 28.8 Å². The molecule has 21 heavy (non-hydrogen) atoms. The summed E-state index contributed by atoms with van der Waals surface area (Å²) in [6, 6.07) is 7.80. The Labute approximate surface area is 129 Å². The van der Waals surface area contributed by atoms with E-state index >= 15 is 0 Å². The fourth-order valence-electron chi connectivity index (χ4n) is 2.58. The molecule has 0 aliphatic heterocycles. The van der Waals surface area contributed by atoms with E-state index in [9.17, 15) is 0 Å². The van der Waals surface area contributed by atoms with Crippen molar-refractivity contribution in [2.45, 2.75) is 25.4 Å². The Bertz CT molecular complexity index is 594. The van der Waals surface area contributed by atoms with E-state index in [1.165, 1.54) is 12.8 Å². The number of halogens is 1. The van der Waals surface area contributed by atoms with Crippen LogP contribution in [0.1, 0.15) is 18.7 Å². The SMILES string of the molecule is CN(Cc1nc(-c2ccc(Cl)cc2)no1)C(CN)C1CC1. The maximum atomic E-state index is 5.88. The predicted octanol–water partition coefficient (Wildman–Crippen LogP) is 2.56. The maximum absolute atomic E-state index is 5.88. The fourth-order valence-corrected chi connectivity index (χ4v) is 2.71.